The zero-order valence-electron chi connectivity index (χ0n) is 10.5. The van der Waals surface area contributed by atoms with E-state index in [1.165, 1.54) is 38.5 Å². The molecule has 0 amide bonds. The van der Waals surface area contributed by atoms with Gasteiger partial charge in [-0.25, -0.2) is 9.97 Å². The van der Waals surface area contributed by atoms with Crippen molar-refractivity contribution in [2.75, 3.05) is 11.1 Å². The van der Waals surface area contributed by atoms with Crippen molar-refractivity contribution in [1.29, 1.82) is 0 Å². The lowest BCUT2D eigenvalue weighted by molar-refractivity contribution is 0.318. The van der Waals surface area contributed by atoms with Gasteiger partial charge >= 0.3 is 0 Å². The summed E-state index contributed by atoms with van der Waals surface area (Å²) in [4.78, 5) is 8.36. The summed E-state index contributed by atoms with van der Waals surface area (Å²) in [5.41, 5.74) is 6.17. The lowest BCUT2D eigenvalue weighted by atomic mass is 9.83. The molecule has 1 heterocycles. The van der Waals surface area contributed by atoms with E-state index in [1.54, 1.807) is 12.4 Å². The molecule has 0 aliphatic heterocycles. The Labute approximate surface area is 103 Å². The number of nitrogens with zero attached hydrogens (tertiary/aromatic N) is 2. The predicted octanol–water partition coefficient (Wildman–Crippen LogP) is 2.83. The van der Waals surface area contributed by atoms with Crippen LogP contribution in [-0.2, 0) is 0 Å². The van der Waals surface area contributed by atoms with E-state index < -0.39 is 0 Å². The molecule has 0 bridgehead atoms. The Kier molecular flexibility index (Phi) is 4.18. The Hall–Kier alpha value is -1.32. The summed E-state index contributed by atoms with van der Waals surface area (Å²) in [6, 6.07) is 0.534. The van der Waals surface area contributed by atoms with E-state index >= 15 is 0 Å². The molecule has 2 rings (SSSR count). The highest BCUT2D eigenvalue weighted by Crippen LogP contribution is 2.28. The van der Waals surface area contributed by atoms with Crippen LogP contribution in [0.4, 0.5) is 11.6 Å². The van der Waals surface area contributed by atoms with E-state index in [0.29, 0.717) is 17.7 Å². The summed E-state index contributed by atoms with van der Waals surface area (Å²) in [7, 11) is 0. The highest BCUT2D eigenvalue weighted by molar-refractivity contribution is 5.36. The summed E-state index contributed by atoms with van der Waals surface area (Å²) in [5, 5.41) is 3.39. The largest absolute Gasteiger partial charge is 0.396 e. The number of hydrogen-bond acceptors (Lipinski definition) is 4. The summed E-state index contributed by atoms with van der Waals surface area (Å²) in [5.74, 6) is 1.64. The molecule has 1 aliphatic carbocycles. The highest BCUT2D eigenvalue weighted by Gasteiger charge is 2.20. The van der Waals surface area contributed by atoms with E-state index in [9.17, 15) is 0 Å². The zero-order chi connectivity index (χ0) is 12.1. The molecule has 3 N–H and O–H groups in total. The number of aromatic nitrogens is 2. The van der Waals surface area contributed by atoms with Crippen LogP contribution < -0.4 is 11.1 Å². The van der Waals surface area contributed by atoms with E-state index in [2.05, 4.69) is 22.2 Å². The molecule has 4 nitrogen and oxygen atoms in total. The van der Waals surface area contributed by atoms with Gasteiger partial charge in [0.2, 0.25) is 5.95 Å². The van der Waals surface area contributed by atoms with Crippen LogP contribution in [0.3, 0.4) is 0 Å². The van der Waals surface area contributed by atoms with Crippen LogP contribution in [0.1, 0.15) is 45.4 Å². The maximum absolute atomic E-state index is 5.56. The molecular weight excluding hydrogens is 212 g/mol. The number of nitrogen functional groups attached to an aromatic ring is 1. The molecule has 1 aliphatic rings. The quantitative estimate of drug-likeness (QED) is 0.840. The standard InChI is InChI=1S/C13H22N4/c1-2-3-10-4-6-12(7-5-10)17-13-15-8-11(14)9-16-13/h8-10,12H,2-7,14H2,1H3,(H,15,16,17). The lowest BCUT2D eigenvalue weighted by Crippen LogP contribution is -2.26. The monoisotopic (exact) mass is 234 g/mol. The fourth-order valence-corrected chi connectivity index (χ4v) is 2.60. The van der Waals surface area contributed by atoms with Gasteiger partial charge in [0.05, 0.1) is 18.1 Å². The number of anilines is 2. The molecule has 0 spiro atoms. The average molecular weight is 234 g/mol. The van der Waals surface area contributed by atoms with Crippen LogP contribution in [0, 0.1) is 5.92 Å². The summed E-state index contributed by atoms with van der Waals surface area (Å²) < 4.78 is 0. The molecule has 0 radical (unpaired) electrons. The number of nitrogens with one attached hydrogen (secondary N) is 1. The maximum atomic E-state index is 5.56. The Morgan fingerprint density at radius 1 is 1.24 bits per heavy atom. The Morgan fingerprint density at radius 3 is 2.47 bits per heavy atom. The van der Waals surface area contributed by atoms with Gasteiger partial charge < -0.3 is 11.1 Å². The lowest BCUT2D eigenvalue weighted by Gasteiger charge is -2.28. The van der Waals surface area contributed by atoms with E-state index in [-0.39, 0.29) is 0 Å². The number of hydrogen-bond donors (Lipinski definition) is 2. The topological polar surface area (TPSA) is 63.8 Å². The molecule has 4 heteroatoms. The van der Waals surface area contributed by atoms with Crippen LogP contribution in [0.2, 0.25) is 0 Å². The number of rotatable bonds is 4. The Morgan fingerprint density at radius 2 is 1.88 bits per heavy atom. The predicted molar refractivity (Wildman–Crippen MR) is 70.7 cm³/mol. The Balaban J connectivity index is 1.79. The second kappa shape index (κ2) is 5.84. The highest BCUT2D eigenvalue weighted by atomic mass is 15.1. The van der Waals surface area contributed by atoms with Crippen molar-refractivity contribution in [3.63, 3.8) is 0 Å². The molecule has 1 saturated carbocycles. The second-order valence-corrected chi connectivity index (χ2v) is 4.99. The van der Waals surface area contributed by atoms with Gasteiger partial charge in [-0.05, 0) is 31.6 Å². The van der Waals surface area contributed by atoms with E-state index in [4.69, 9.17) is 5.73 Å². The van der Waals surface area contributed by atoms with Gasteiger partial charge in [0.25, 0.3) is 0 Å². The fraction of sp³-hybridized carbons (Fsp3) is 0.692. The van der Waals surface area contributed by atoms with Gasteiger partial charge in [-0.2, -0.15) is 0 Å². The average Bonchev–Trinajstić information content (AvgIpc) is 2.35. The van der Waals surface area contributed by atoms with Gasteiger partial charge in [0, 0.05) is 6.04 Å². The van der Waals surface area contributed by atoms with E-state index in [1.807, 2.05) is 0 Å². The molecule has 0 aromatic carbocycles. The molecule has 1 aromatic heterocycles. The van der Waals surface area contributed by atoms with Crippen molar-refractivity contribution in [3.05, 3.63) is 12.4 Å². The van der Waals surface area contributed by atoms with Gasteiger partial charge in [-0.1, -0.05) is 19.8 Å². The first-order chi connectivity index (χ1) is 8.28. The van der Waals surface area contributed by atoms with Crippen molar-refractivity contribution in [2.24, 2.45) is 5.92 Å². The van der Waals surface area contributed by atoms with Gasteiger partial charge in [0.15, 0.2) is 0 Å². The smallest absolute Gasteiger partial charge is 0.222 e. The van der Waals surface area contributed by atoms with Crippen molar-refractivity contribution < 1.29 is 0 Å². The minimum Gasteiger partial charge on any atom is -0.396 e. The fourth-order valence-electron chi connectivity index (χ4n) is 2.60. The van der Waals surface area contributed by atoms with Crippen LogP contribution in [0.5, 0.6) is 0 Å². The molecule has 0 saturated heterocycles. The molecule has 1 fully saturated rings. The van der Waals surface area contributed by atoms with Crippen molar-refractivity contribution in [3.8, 4) is 0 Å². The minimum atomic E-state index is 0.534. The summed E-state index contributed by atoms with van der Waals surface area (Å²) >= 11 is 0. The zero-order valence-corrected chi connectivity index (χ0v) is 10.5. The molecule has 17 heavy (non-hydrogen) atoms. The second-order valence-electron chi connectivity index (χ2n) is 4.99. The summed E-state index contributed by atoms with van der Waals surface area (Å²) in [6.07, 6.45) is 11.1. The van der Waals surface area contributed by atoms with Gasteiger partial charge in [-0.15, -0.1) is 0 Å². The summed E-state index contributed by atoms with van der Waals surface area (Å²) in [6.45, 7) is 2.27. The van der Waals surface area contributed by atoms with Gasteiger partial charge in [0.1, 0.15) is 0 Å². The first-order valence-corrected chi connectivity index (χ1v) is 6.62. The first-order valence-electron chi connectivity index (χ1n) is 6.62. The number of nitrogens with two attached hydrogens (primary N) is 1. The third-order valence-electron chi connectivity index (χ3n) is 3.55. The van der Waals surface area contributed by atoms with Crippen molar-refractivity contribution in [2.45, 2.75) is 51.5 Å². The molecular formula is C13H22N4. The SMILES string of the molecule is CCCC1CCC(Nc2ncc(N)cn2)CC1. The normalized spacial score (nSPS) is 24.5. The first kappa shape index (κ1) is 12.1. The maximum Gasteiger partial charge on any atom is 0.222 e. The van der Waals surface area contributed by atoms with Crippen LogP contribution in [0.25, 0.3) is 0 Å². The third-order valence-corrected chi connectivity index (χ3v) is 3.55. The molecule has 94 valence electrons. The van der Waals surface area contributed by atoms with Crippen LogP contribution in [0.15, 0.2) is 12.4 Å². The molecule has 1 aromatic rings. The molecule has 0 atom stereocenters. The van der Waals surface area contributed by atoms with Crippen molar-refractivity contribution >= 4 is 11.6 Å². The molecule has 0 unspecified atom stereocenters. The third kappa shape index (κ3) is 3.58. The van der Waals surface area contributed by atoms with Gasteiger partial charge in [-0.3, -0.25) is 0 Å². The van der Waals surface area contributed by atoms with Crippen LogP contribution >= 0.6 is 0 Å². The minimum absolute atomic E-state index is 0.534. The van der Waals surface area contributed by atoms with Crippen LogP contribution in [-0.4, -0.2) is 16.0 Å². The van der Waals surface area contributed by atoms with Crippen molar-refractivity contribution in [1.82, 2.24) is 9.97 Å². The van der Waals surface area contributed by atoms with E-state index in [0.717, 1.165) is 5.92 Å². The Bertz CT molecular complexity index is 328.